The Bertz CT molecular complexity index is 517. The number of urea groups is 1. The van der Waals surface area contributed by atoms with Crippen molar-refractivity contribution in [3.63, 3.8) is 0 Å². The zero-order valence-electron chi connectivity index (χ0n) is 11.3. The molecule has 0 unspecified atom stereocenters. The molecule has 0 saturated heterocycles. The van der Waals surface area contributed by atoms with Crippen LogP contribution in [0, 0.1) is 0 Å². The van der Waals surface area contributed by atoms with Crippen molar-refractivity contribution in [3.05, 3.63) is 34.9 Å². The van der Waals surface area contributed by atoms with E-state index in [0.717, 1.165) is 18.4 Å². The van der Waals surface area contributed by atoms with Crippen LogP contribution in [0.3, 0.4) is 0 Å². The SMILES string of the molecule is CN(Cc1cccc(Cl)c1)C(=O)N(CC(=O)O)C1CC1. The van der Waals surface area contributed by atoms with E-state index in [4.69, 9.17) is 16.7 Å². The zero-order valence-corrected chi connectivity index (χ0v) is 12.0. The summed E-state index contributed by atoms with van der Waals surface area (Å²) < 4.78 is 0. The van der Waals surface area contributed by atoms with E-state index in [1.54, 1.807) is 19.2 Å². The molecule has 1 aromatic carbocycles. The summed E-state index contributed by atoms with van der Waals surface area (Å²) in [6.45, 7) is 0.158. The Morgan fingerprint density at radius 2 is 2.10 bits per heavy atom. The number of rotatable bonds is 5. The smallest absolute Gasteiger partial charge is 0.323 e. The predicted molar refractivity (Wildman–Crippen MR) is 75.7 cm³/mol. The molecule has 5 nitrogen and oxygen atoms in total. The van der Waals surface area contributed by atoms with Gasteiger partial charge in [-0.2, -0.15) is 0 Å². The maximum absolute atomic E-state index is 12.3. The molecule has 1 fully saturated rings. The van der Waals surface area contributed by atoms with Crippen LogP contribution in [0.15, 0.2) is 24.3 Å². The lowest BCUT2D eigenvalue weighted by Crippen LogP contribution is -2.44. The van der Waals surface area contributed by atoms with Gasteiger partial charge in [-0.15, -0.1) is 0 Å². The van der Waals surface area contributed by atoms with Gasteiger partial charge in [-0.1, -0.05) is 23.7 Å². The Balaban J connectivity index is 2.01. The van der Waals surface area contributed by atoms with Crippen molar-refractivity contribution >= 4 is 23.6 Å². The van der Waals surface area contributed by atoms with E-state index < -0.39 is 5.97 Å². The highest BCUT2D eigenvalue weighted by Gasteiger charge is 2.35. The summed E-state index contributed by atoms with van der Waals surface area (Å²) >= 11 is 5.91. The van der Waals surface area contributed by atoms with Crippen molar-refractivity contribution in [2.75, 3.05) is 13.6 Å². The fraction of sp³-hybridized carbons (Fsp3) is 0.429. The number of carboxylic acids is 1. The maximum Gasteiger partial charge on any atom is 0.323 e. The topological polar surface area (TPSA) is 60.9 Å². The Kier molecular flexibility index (Phi) is 4.49. The van der Waals surface area contributed by atoms with Crippen molar-refractivity contribution < 1.29 is 14.7 Å². The Morgan fingerprint density at radius 1 is 1.40 bits per heavy atom. The van der Waals surface area contributed by atoms with Crippen molar-refractivity contribution in [1.29, 1.82) is 0 Å². The van der Waals surface area contributed by atoms with Crippen LogP contribution in [-0.2, 0) is 11.3 Å². The molecule has 108 valence electrons. The number of aliphatic carboxylic acids is 1. The Morgan fingerprint density at radius 3 is 2.65 bits per heavy atom. The highest BCUT2D eigenvalue weighted by atomic mass is 35.5. The molecule has 1 N–H and O–H groups in total. The van der Waals surface area contributed by atoms with E-state index in [0.29, 0.717) is 11.6 Å². The number of hydrogen-bond donors (Lipinski definition) is 1. The normalized spacial score (nSPS) is 13.9. The lowest BCUT2D eigenvalue weighted by molar-refractivity contribution is -0.137. The predicted octanol–water partition coefficient (Wildman–Crippen LogP) is 2.44. The number of nitrogens with zero attached hydrogens (tertiary/aromatic N) is 2. The van der Waals surface area contributed by atoms with Crippen LogP contribution in [0.25, 0.3) is 0 Å². The van der Waals surface area contributed by atoms with Crippen molar-refractivity contribution in [1.82, 2.24) is 9.80 Å². The molecular weight excluding hydrogens is 280 g/mol. The lowest BCUT2D eigenvalue weighted by atomic mass is 10.2. The first kappa shape index (κ1) is 14.7. The fourth-order valence-electron chi connectivity index (χ4n) is 2.08. The van der Waals surface area contributed by atoms with Gasteiger partial charge in [-0.05, 0) is 30.5 Å². The maximum atomic E-state index is 12.3. The molecule has 6 heteroatoms. The summed E-state index contributed by atoms with van der Waals surface area (Å²) in [4.78, 5) is 26.1. The molecule has 1 saturated carbocycles. The van der Waals surface area contributed by atoms with Gasteiger partial charge < -0.3 is 14.9 Å². The zero-order chi connectivity index (χ0) is 14.7. The van der Waals surface area contributed by atoms with Gasteiger partial charge in [0, 0.05) is 24.7 Å². The minimum Gasteiger partial charge on any atom is -0.480 e. The summed E-state index contributed by atoms with van der Waals surface area (Å²) in [6, 6.07) is 7.09. The number of amides is 2. The van der Waals surface area contributed by atoms with Gasteiger partial charge in [-0.25, -0.2) is 4.79 Å². The van der Waals surface area contributed by atoms with Crippen molar-refractivity contribution in [2.24, 2.45) is 0 Å². The molecule has 0 aromatic heterocycles. The summed E-state index contributed by atoms with van der Waals surface area (Å²) in [5.74, 6) is -0.985. The molecule has 1 aliphatic carbocycles. The molecular formula is C14H17ClN2O3. The largest absolute Gasteiger partial charge is 0.480 e. The van der Waals surface area contributed by atoms with Crippen LogP contribution in [0.1, 0.15) is 18.4 Å². The van der Waals surface area contributed by atoms with E-state index in [1.807, 2.05) is 12.1 Å². The second-order valence-electron chi connectivity index (χ2n) is 5.02. The highest BCUT2D eigenvalue weighted by molar-refractivity contribution is 6.30. The van der Waals surface area contributed by atoms with Gasteiger partial charge >= 0.3 is 12.0 Å². The van der Waals surface area contributed by atoms with Crippen molar-refractivity contribution in [3.8, 4) is 0 Å². The van der Waals surface area contributed by atoms with Gasteiger partial charge in [0.2, 0.25) is 0 Å². The molecule has 1 aliphatic rings. The molecule has 1 aromatic rings. The van der Waals surface area contributed by atoms with Gasteiger partial charge in [0.15, 0.2) is 0 Å². The number of carbonyl (C=O) groups is 2. The number of halogens is 1. The minimum atomic E-state index is -0.985. The Labute approximate surface area is 122 Å². The van der Waals surface area contributed by atoms with E-state index in [2.05, 4.69) is 0 Å². The summed E-state index contributed by atoms with van der Waals surface area (Å²) in [6.07, 6.45) is 1.76. The molecule has 2 rings (SSSR count). The third kappa shape index (κ3) is 3.87. The summed E-state index contributed by atoms with van der Waals surface area (Å²) in [7, 11) is 1.67. The third-order valence-electron chi connectivity index (χ3n) is 3.17. The van der Waals surface area contributed by atoms with E-state index in [-0.39, 0.29) is 18.6 Å². The number of carbonyl (C=O) groups excluding carboxylic acids is 1. The molecule has 20 heavy (non-hydrogen) atoms. The standard InChI is InChI=1S/C14H17ClN2O3/c1-16(8-10-3-2-4-11(15)7-10)14(20)17(9-13(18)19)12-5-6-12/h2-4,7,12H,5-6,8-9H2,1H3,(H,18,19). The van der Waals surface area contributed by atoms with Crippen LogP contribution in [0.4, 0.5) is 4.79 Å². The average molecular weight is 297 g/mol. The van der Waals surface area contributed by atoms with Crippen molar-refractivity contribution in [2.45, 2.75) is 25.4 Å². The number of hydrogen-bond acceptors (Lipinski definition) is 2. The molecule has 0 radical (unpaired) electrons. The molecule has 0 heterocycles. The first-order valence-electron chi connectivity index (χ1n) is 6.45. The van der Waals surface area contributed by atoms with Crippen LogP contribution in [0.2, 0.25) is 5.02 Å². The van der Waals surface area contributed by atoms with E-state index in [9.17, 15) is 9.59 Å². The van der Waals surface area contributed by atoms with Crippen LogP contribution < -0.4 is 0 Å². The van der Waals surface area contributed by atoms with Gasteiger partial charge in [0.05, 0.1) is 0 Å². The van der Waals surface area contributed by atoms with Crippen LogP contribution in [-0.4, -0.2) is 46.5 Å². The molecule has 0 spiro atoms. The second kappa shape index (κ2) is 6.13. The molecule has 0 aliphatic heterocycles. The first-order chi connectivity index (χ1) is 9.47. The highest BCUT2D eigenvalue weighted by Crippen LogP contribution is 2.27. The first-order valence-corrected chi connectivity index (χ1v) is 6.83. The van der Waals surface area contributed by atoms with Gasteiger partial charge in [-0.3, -0.25) is 4.79 Å². The number of benzene rings is 1. The lowest BCUT2D eigenvalue weighted by Gasteiger charge is -2.27. The average Bonchev–Trinajstić information content (AvgIpc) is 3.19. The third-order valence-corrected chi connectivity index (χ3v) is 3.41. The van der Waals surface area contributed by atoms with E-state index >= 15 is 0 Å². The van der Waals surface area contributed by atoms with Crippen LogP contribution >= 0.6 is 11.6 Å². The second-order valence-corrected chi connectivity index (χ2v) is 5.46. The summed E-state index contributed by atoms with van der Waals surface area (Å²) in [5, 5.41) is 9.51. The molecule has 2 amide bonds. The minimum absolute atomic E-state index is 0.0698. The van der Waals surface area contributed by atoms with E-state index in [1.165, 1.54) is 9.80 Å². The Hall–Kier alpha value is -1.75. The number of carboxylic acid groups (broad SMARTS) is 1. The summed E-state index contributed by atoms with van der Waals surface area (Å²) in [5.41, 5.74) is 0.916. The van der Waals surface area contributed by atoms with Gasteiger partial charge in [0.25, 0.3) is 0 Å². The fourth-order valence-corrected chi connectivity index (χ4v) is 2.29. The van der Waals surface area contributed by atoms with Crippen LogP contribution in [0.5, 0.6) is 0 Å². The van der Waals surface area contributed by atoms with Gasteiger partial charge in [0.1, 0.15) is 6.54 Å². The quantitative estimate of drug-likeness (QED) is 0.908. The molecule has 0 bridgehead atoms. The monoisotopic (exact) mass is 296 g/mol. The molecule has 0 atom stereocenters.